The zero-order valence-electron chi connectivity index (χ0n) is 16.0. The minimum atomic E-state index is 0.147. The Hall–Kier alpha value is -1.72. The second-order valence-corrected chi connectivity index (χ2v) is 8.77. The van der Waals surface area contributed by atoms with Gasteiger partial charge in [0.25, 0.3) is 0 Å². The van der Waals surface area contributed by atoms with Gasteiger partial charge in [0, 0.05) is 42.0 Å². The van der Waals surface area contributed by atoms with Gasteiger partial charge in [-0.2, -0.15) is 0 Å². The topological polar surface area (TPSA) is 60.0 Å². The van der Waals surface area contributed by atoms with E-state index in [1.165, 1.54) is 18.4 Å². The number of aromatic nitrogens is 3. The number of hydrogen-bond donors (Lipinski definition) is 1. The Morgan fingerprint density at radius 1 is 1.15 bits per heavy atom. The first-order valence-corrected chi connectivity index (χ1v) is 10.0. The van der Waals surface area contributed by atoms with Crippen LogP contribution in [0.25, 0.3) is 0 Å². The lowest BCUT2D eigenvalue weighted by molar-refractivity contribution is -0.110. The maximum Gasteiger partial charge on any atom is 0.135 e. The summed E-state index contributed by atoms with van der Waals surface area (Å²) in [4.78, 5) is 2.72. The molecule has 1 aromatic carbocycles. The lowest BCUT2D eigenvalue weighted by atomic mass is 9.64. The predicted octanol–water partition coefficient (Wildman–Crippen LogP) is 3.19. The highest BCUT2D eigenvalue weighted by Gasteiger charge is 2.82. The highest BCUT2D eigenvalue weighted by atomic mass is 15.4. The van der Waals surface area contributed by atoms with Crippen LogP contribution in [0.15, 0.2) is 30.3 Å². The van der Waals surface area contributed by atoms with Gasteiger partial charge in [-0.15, -0.1) is 10.2 Å². The van der Waals surface area contributed by atoms with Gasteiger partial charge in [-0.1, -0.05) is 44.2 Å². The fourth-order valence-electron chi connectivity index (χ4n) is 5.69. The Morgan fingerprint density at radius 3 is 2.62 bits per heavy atom. The van der Waals surface area contributed by atoms with E-state index in [1.807, 2.05) is 0 Å². The maximum atomic E-state index is 6.41. The molecule has 5 nitrogen and oxygen atoms in total. The van der Waals surface area contributed by atoms with Gasteiger partial charge >= 0.3 is 0 Å². The third-order valence-corrected chi connectivity index (χ3v) is 7.14. The molecule has 3 fully saturated rings. The molecule has 1 aromatic heterocycles. The summed E-state index contributed by atoms with van der Waals surface area (Å²) < 4.78 is 2.45. The Labute approximate surface area is 155 Å². The van der Waals surface area contributed by atoms with Crippen molar-refractivity contribution in [3.05, 3.63) is 47.5 Å². The third-order valence-electron chi connectivity index (χ3n) is 7.14. The number of aryl methyl sites for hydroxylation is 1. The van der Waals surface area contributed by atoms with Crippen molar-refractivity contribution in [2.24, 2.45) is 11.1 Å². The van der Waals surface area contributed by atoms with Crippen LogP contribution in [0.2, 0.25) is 0 Å². The van der Waals surface area contributed by atoms with Gasteiger partial charge in [0.05, 0.1) is 0 Å². The molecule has 26 heavy (non-hydrogen) atoms. The molecule has 5 heteroatoms. The molecule has 1 saturated heterocycles. The molecular weight excluding hydrogens is 322 g/mol. The molecule has 2 aromatic rings. The Morgan fingerprint density at radius 2 is 1.92 bits per heavy atom. The van der Waals surface area contributed by atoms with Crippen LogP contribution in [0.3, 0.4) is 0 Å². The molecule has 0 radical (unpaired) electrons. The molecule has 138 valence electrons. The van der Waals surface area contributed by atoms with Gasteiger partial charge in [-0.3, -0.25) is 4.90 Å². The van der Waals surface area contributed by atoms with Crippen LogP contribution >= 0.6 is 0 Å². The van der Waals surface area contributed by atoms with Crippen LogP contribution in [0.1, 0.15) is 68.3 Å². The fraction of sp³-hybridized carbons (Fsp3) is 0.619. The molecular formula is C21H29N5. The molecule has 0 bridgehead atoms. The summed E-state index contributed by atoms with van der Waals surface area (Å²) in [6.45, 7) is 7.67. The minimum Gasteiger partial charge on any atom is -0.324 e. The first-order chi connectivity index (χ1) is 12.5. The van der Waals surface area contributed by atoms with Crippen LogP contribution in [0.4, 0.5) is 0 Å². The number of likely N-dealkylation sites (tertiary alicyclic amines) is 1. The van der Waals surface area contributed by atoms with Crippen molar-refractivity contribution in [3.8, 4) is 0 Å². The Balaban J connectivity index is 1.24. The van der Waals surface area contributed by atoms with Crippen molar-refractivity contribution >= 4 is 0 Å². The maximum absolute atomic E-state index is 6.41. The van der Waals surface area contributed by atoms with Gasteiger partial charge in [0.2, 0.25) is 0 Å². The molecule has 3 aliphatic rings. The first-order valence-electron chi connectivity index (χ1n) is 10.0. The zero-order valence-corrected chi connectivity index (χ0v) is 16.0. The molecule has 5 rings (SSSR count). The highest BCUT2D eigenvalue weighted by Crippen LogP contribution is 2.78. The molecule has 2 heterocycles. The third kappa shape index (κ3) is 2.10. The van der Waals surface area contributed by atoms with Crippen LogP contribution in [0, 0.1) is 12.3 Å². The quantitative estimate of drug-likeness (QED) is 0.868. The largest absolute Gasteiger partial charge is 0.324 e. The molecule has 5 atom stereocenters. The van der Waals surface area contributed by atoms with Crippen molar-refractivity contribution in [1.29, 1.82) is 0 Å². The summed E-state index contributed by atoms with van der Waals surface area (Å²) in [6.07, 6.45) is 3.63. The first kappa shape index (κ1) is 16.5. The Bertz CT molecular complexity index is 813. The van der Waals surface area contributed by atoms with Gasteiger partial charge in [-0.05, 0) is 31.7 Å². The number of nitrogens with two attached hydrogens (primary N) is 1. The summed E-state index contributed by atoms with van der Waals surface area (Å²) in [5.74, 6) is 2.68. The number of hydrogen-bond acceptors (Lipinski definition) is 4. The van der Waals surface area contributed by atoms with E-state index < -0.39 is 0 Å². The highest BCUT2D eigenvalue weighted by molar-refractivity contribution is 5.36. The summed E-state index contributed by atoms with van der Waals surface area (Å²) in [5, 5.41) is 8.82. The summed E-state index contributed by atoms with van der Waals surface area (Å²) in [7, 11) is 0. The molecule has 2 aliphatic carbocycles. The number of nitrogens with zero attached hydrogens (tertiary/aromatic N) is 4. The average molecular weight is 351 g/mol. The average Bonchev–Trinajstić information content (AvgIpc) is 3.25. The van der Waals surface area contributed by atoms with E-state index in [1.54, 1.807) is 0 Å². The fourth-order valence-corrected chi connectivity index (χ4v) is 5.69. The van der Waals surface area contributed by atoms with Crippen molar-refractivity contribution in [2.45, 2.75) is 70.1 Å². The normalized spacial score (nSPS) is 33.2. The molecule has 2 N–H and O–H groups in total. The van der Waals surface area contributed by atoms with Crippen LogP contribution in [-0.4, -0.2) is 38.3 Å². The van der Waals surface area contributed by atoms with E-state index >= 15 is 0 Å². The van der Waals surface area contributed by atoms with Crippen molar-refractivity contribution < 1.29 is 0 Å². The minimum absolute atomic E-state index is 0.147. The smallest absolute Gasteiger partial charge is 0.135 e. The number of benzene rings is 1. The van der Waals surface area contributed by atoms with E-state index in [9.17, 15) is 0 Å². The van der Waals surface area contributed by atoms with Crippen molar-refractivity contribution in [2.75, 3.05) is 6.54 Å². The molecule has 1 spiro atoms. The van der Waals surface area contributed by atoms with Crippen molar-refractivity contribution in [1.82, 2.24) is 19.7 Å². The van der Waals surface area contributed by atoms with E-state index in [0.29, 0.717) is 17.4 Å². The SMILES string of the molecule is Cc1nnc(C(C)C)n1C1CC2N(CC[C@H](N)c3ccccc3)C3CC231. The lowest BCUT2D eigenvalue weighted by Crippen LogP contribution is -2.67. The summed E-state index contributed by atoms with van der Waals surface area (Å²) >= 11 is 0. The zero-order chi connectivity index (χ0) is 18.1. The van der Waals surface area contributed by atoms with Crippen LogP contribution < -0.4 is 5.73 Å². The van der Waals surface area contributed by atoms with Gasteiger partial charge in [0.1, 0.15) is 11.6 Å². The second kappa shape index (κ2) is 5.64. The van der Waals surface area contributed by atoms with E-state index in [2.05, 4.69) is 70.8 Å². The molecule has 4 unspecified atom stereocenters. The molecule has 2 saturated carbocycles. The van der Waals surface area contributed by atoms with E-state index in [-0.39, 0.29) is 6.04 Å². The molecule has 1 aliphatic heterocycles. The van der Waals surface area contributed by atoms with Gasteiger partial charge in [0.15, 0.2) is 0 Å². The van der Waals surface area contributed by atoms with Crippen molar-refractivity contribution in [3.63, 3.8) is 0 Å². The second-order valence-electron chi connectivity index (χ2n) is 8.77. The van der Waals surface area contributed by atoms with E-state index in [0.717, 1.165) is 36.7 Å². The summed E-state index contributed by atoms with van der Waals surface area (Å²) in [6, 6.07) is 12.8. The van der Waals surface area contributed by atoms with Crippen LogP contribution in [0.5, 0.6) is 0 Å². The summed E-state index contributed by atoms with van der Waals surface area (Å²) in [5.41, 5.74) is 8.18. The van der Waals surface area contributed by atoms with Gasteiger partial charge in [-0.25, -0.2) is 0 Å². The number of piperidine rings is 1. The van der Waals surface area contributed by atoms with Gasteiger partial charge < -0.3 is 10.3 Å². The lowest BCUT2D eigenvalue weighted by Gasteiger charge is -2.61. The molecule has 0 amide bonds. The monoisotopic (exact) mass is 351 g/mol. The Kier molecular flexibility index (Phi) is 3.57. The predicted molar refractivity (Wildman–Crippen MR) is 102 cm³/mol. The standard InChI is InChI=1S/C21H29N5/c1-13(2)20-24-23-14(3)26(20)18-11-17-21(18)12-19(21)25(17)10-9-16(22)15-7-5-4-6-8-15/h4-8,13,16-19H,9-12,22H2,1-3H3/t16-,17?,18?,19?,21?/m0/s1. The number of rotatable bonds is 6. The van der Waals surface area contributed by atoms with E-state index in [4.69, 9.17) is 5.73 Å². The van der Waals surface area contributed by atoms with Crippen LogP contribution in [-0.2, 0) is 0 Å².